The Labute approximate surface area is 121 Å². The van der Waals surface area contributed by atoms with Crippen molar-refractivity contribution < 1.29 is 4.74 Å². The van der Waals surface area contributed by atoms with Crippen molar-refractivity contribution in [1.82, 2.24) is 4.90 Å². The average Bonchev–Trinajstić information content (AvgIpc) is 2.98. The summed E-state index contributed by atoms with van der Waals surface area (Å²) in [6.45, 7) is 2.87. The van der Waals surface area contributed by atoms with Gasteiger partial charge in [-0.25, -0.2) is 0 Å². The first kappa shape index (κ1) is 13.6. The SMILES string of the molecule is CN(C)CCc1cccc2cccc([C@H]3CCOC3)c12. The van der Waals surface area contributed by atoms with Crippen LogP contribution in [0.5, 0.6) is 0 Å². The predicted octanol–water partition coefficient (Wildman–Crippen LogP) is 3.45. The lowest BCUT2D eigenvalue weighted by atomic mass is 9.89. The zero-order valence-electron chi connectivity index (χ0n) is 12.4. The molecule has 0 saturated carbocycles. The molecule has 0 unspecified atom stereocenters. The quantitative estimate of drug-likeness (QED) is 0.843. The first-order valence-electron chi connectivity index (χ1n) is 7.48. The fourth-order valence-corrected chi connectivity index (χ4v) is 3.12. The lowest BCUT2D eigenvalue weighted by molar-refractivity contribution is 0.194. The molecule has 0 aromatic heterocycles. The van der Waals surface area contributed by atoms with E-state index in [9.17, 15) is 0 Å². The molecule has 1 heterocycles. The Kier molecular flexibility index (Phi) is 4.04. The molecule has 106 valence electrons. The van der Waals surface area contributed by atoms with Crippen LogP contribution < -0.4 is 0 Å². The minimum absolute atomic E-state index is 0.569. The molecule has 0 bridgehead atoms. The summed E-state index contributed by atoms with van der Waals surface area (Å²) >= 11 is 0. The monoisotopic (exact) mass is 269 g/mol. The maximum absolute atomic E-state index is 5.59. The summed E-state index contributed by atoms with van der Waals surface area (Å²) in [5.74, 6) is 0.569. The van der Waals surface area contributed by atoms with Gasteiger partial charge in [-0.3, -0.25) is 0 Å². The van der Waals surface area contributed by atoms with E-state index < -0.39 is 0 Å². The zero-order valence-corrected chi connectivity index (χ0v) is 12.4. The van der Waals surface area contributed by atoms with Crippen LogP contribution >= 0.6 is 0 Å². The molecule has 2 nitrogen and oxygen atoms in total. The highest BCUT2D eigenvalue weighted by molar-refractivity contribution is 5.89. The van der Waals surface area contributed by atoms with Gasteiger partial charge in [-0.05, 0) is 48.8 Å². The van der Waals surface area contributed by atoms with E-state index in [1.807, 2.05) is 0 Å². The Morgan fingerprint density at radius 2 is 1.95 bits per heavy atom. The van der Waals surface area contributed by atoms with Gasteiger partial charge in [0.2, 0.25) is 0 Å². The molecule has 1 fully saturated rings. The highest BCUT2D eigenvalue weighted by Gasteiger charge is 2.20. The summed E-state index contributed by atoms with van der Waals surface area (Å²) in [6, 6.07) is 13.4. The van der Waals surface area contributed by atoms with Gasteiger partial charge in [-0.1, -0.05) is 36.4 Å². The normalized spacial score (nSPS) is 19.1. The van der Waals surface area contributed by atoms with E-state index in [0.29, 0.717) is 5.92 Å². The van der Waals surface area contributed by atoms with Gasteiger partial charge in [0.05, 0.1) is 6.61 Å². The third-order valence-corrected chi connectivity index (χ3v) is 4.22. The van der Waals surface area contributed by atoms with Crippen molar-refractivity contribution in [3.8, 4) is 0 Å². The summed E-state index contributed by atoms with van der Waals surface area (Å²) in [7, 11) is 4.27. The van der Waals surface area contributed by atoms with Crippen LogP contribution in [0.2, 0.25) is 0 Å². The summed E-state index contributed by atoms with van der Waals surface area (Å²) in [6.07, 6.45) is 2.26. The minimum atomic E-state index is 0.569. The summed E-state index contributed by atoms with van der Waals surface area (Å²) < 4.78 is 5.59. The first-order chi connectivity index (χ1) is 9.75. The van der Waals surface area contributed by atoms with Gasteiger partial charge in [0.15, 0.2) is 0 Å². The molecule has 2 aromatic rings. The van der Waals surface area contributed by atoms with Gasteiger partial charge in [0.25, 0.3) is 0 Å². The molecular weight excluding hydrogens is 246 g/mol. The van der Waals surface area contributed by atoms with Gasteiger partial charge < -0.3 is 9.64 Å². The molecule has 1 aliphatic heterocycles. The van der Waals surface area contributed by atoms with Gasteiger partial charge in [-0.15, -0.1) is 0 Å². The highest BCUT2D eigenvalue weighted by atomic mass is 16.5. The Bertz CT molecular complexity index is 580. The summed E-state index contributed by atoms with van der Waals surface area (Å²) in [5, 5.41) is 2.83. The number of benzene rings is 2. The Balaban J connectivity index is 2.05. The lowest BCUT2D eigenvalue weighted by Gasteiger charge is -2.17. The van der Waals surface area contributed by atoms with Gasteiger partial charge in [-0.2, -0.15) is 0 Å². The van der Waals surface area contributed by atoms with Crippen molar-refractivity contribution in [3.05, 3.63) is 47.5 Å². The van der Waals surface area contributed by atoms with E-state index in [4.69, 9.17) is 4.74 Å². The van der Waals surface area contributed by atoms with Crippen molar-refractivity contribution in [3.63, 3.8) is 0 Å². The van der Waals surface area contributed by atoms with E-state index >= 15 is 0 Å². The second-order valence-electron chi connectivity index (χ2n) is 5.98. The molecule has 0 radical (unpaired) electrons. The predicted molar refractivity (Wildman–Crippen MR) is 84.4 cm³/mol. The van der Waals surface area contributed by atoms with Gasteiger partial charge in [0, 0.05) is 19.1 Å². The molecule has 0 spiro atoms. The van der Waals surface area contributed by atoms with Crippen molar-refractivity contribution in [2.45, 2.75) is 18.8 Å². The lowest BCUT2D eigenvalue weighted by Crippen LogP contribution is -2.15. The van der Waals surface area contributed by atoms with Crippen LogP contribution in [-0.4, -0.2) is 38.8 Å². The van der Waals surface area contributed by atoms with Crippen molar-refractivity contribution >= 4 is 10.8 Å². The fourth-order valence-electron chi connectivity index (χ4n) is 3.12. The van der Waals surface area contributed by atoms with E-state index in [1.54, 1.807) is 0 Å². The van der Waals surface area contributed by atoms with Crippen molar-refractivity contribution in [1.29, 1.82) is 0 Å². The third-order valence-electron chi connectivity index (χ3n) is 4.22. The van der Waals surface area contributed by atoms with Crippen LogP contribution in [0.25, 0.3) is 10.8 Å². The smallest absolute Gasteiger partial charge is 0.0535 e. The molecule has 20 heavy (non-hydrogen) atoms. The molecule has 1 aliphatic rings. The van der Waals surface area contributed by atoms with E-state index in [1.165, 1.54) is 21.9 Å². The van der Waals surface area contributed by atoms with Crippen LogP contribution in [0.1, 0.15) is 23.5 Å². The van der Waals surface area contributed by atoms with Crippen LogP contribution in [0, 0.1) is 0 Å². The number of hydrogen-bond donors (Lipinski definition) is 0. The summed E-state index contributed by atoms with van der Waals surface area (Å²) in [5.41, 5.74) is 2.95. The average molecular weight is 269 g/mol. The van der Waals surface area contributed by atoms with E-state index in [-0.39, 0.29) is 0 Å². The maximum atomic E-state index is 5.59. The number of nitrogens with zero attached hydrogens (tertiary/aromatic N) is 1. The molecule has 3 rings (SSSR count). The third kappa shape index (κ3) is 2.72. The van der Waals surface area contributed by atoms with Gasteiger partial charge in [0.1, 0.15) is 0 Å². The van der Waals surface area contributed by atoms with Crippen molar-refractivity contribution in [2.75, 3.05) is 33.9 Å². The second-order valence-corrected chi connectivity index (χ2v) is 5.98. The van der Waals surface area contributed by atoms with Crippen molar-refractivity contribution in [2.24, 2.45) is 0 Å². The number of hydrogen-bond acceptors (Lipinski definition) is 2. The first-order valence-corrected chi connectivity index (χ1v) is 7.48. The Morgan fingerprint density at radius 3 is 2.65 bits per heavy atom. The molecule has 2 aromatic carbocycles. The largest absolute Gasteiger partial charge is 0.381 e. The van der Waals surface area contributed by atoms with Crippen LogP contribution in [-0.2, 0) is 11.2 Å². The number of ether oxygens (including phenoxy) is 1. The molecular formula is C18H23NO. The fraction of sp³-hybridized carbons (Fsp3) is 0.444. The Hall–Kier alpha value is -1.38. The highest BCUT2D eigenvalue weighted by Crippen LogP contribution is 2.33. The standard InChI is InChI=1S/C18H23NO/c1-19(2)11-9-15-6-3-5-14-7-4-8-17(18(14)15)16-10-12-20-13-16/h3-8,16H,9-13H2,1-2H3/t16-/m0/s1. The maximum Gasteiger partial charge on any atom is 0.0535 e. The molecule has 1 saturated heterocycles. The molecule has 0 aliphatic carbocycles. The van der Waals surface area contributed by atoms with Crippen LogP contribution in [0.3, 0.4) is 0 Å². The minimum Gasteiger partial charge on any atom is -0.381 e. The number of likely N-dealkylation sites (N-methyl/N-ethyl adjacent to an activating group) is 1. The van der Waals surface area contributed by atoms with Crippen LogP contribution in [0.4, 0.5) is 0 Å². The number of rotatable bonds is 4. The molecule has 1 atom stereocenters. The van der Waals surface area contributed by atoms with E-state index in [2.05, 4.69) is 55.4 Å². The zero-order chi connectivity index (χ0) is 13.9. The topological polar surface area (TPSA) is 12.5 Å². The Morgan fingerprint density at radius 1 is 1.15 bits per heavy atom. The van der Waals surface area contributed by atoms with E-state index in [0.717, 1.165) is 32.6 Å². The molecule has 0 N–H and O–H groups in total. The second kappa shape index (κ2) is 5.94. The van der Waals surface area contributed by atoms with Crippen LogP contribution in [0.15, 0.2) is 36.4 Å². The van der Waals surface area contributed by atoms with Gasteiger partial charge >= 0.3 is 0 Å². The number of fused-ring (bicyclic) bond motifs is 1. The molecule has 2 heteroatoms. The molecule has 0 amide bonds. The summed E-state index contributed by atoms with van der Waals surface area (Å²) in [4.78, 5) is 2.25.